The fraction of sp³-hybridized carbons (Fsp3) is 0.444. The maximum atomic E-state index is 5.60. The average Bonchev–Trinajstić information content (AvgIpc) is 2.20. The third-order valence-electron chi connectivity index (χ3n) is 2.03. The molecule has 0 spiro atoms. The summed E-state index contributed by atoms with van der Waals surface area (Å²) in [4.78, 5) is 2.43. The minimum Gasteiger partial charge on any atom is -0.389 e. The highest BCUT2D eigenvalue weighted by Crippen LogP contribution is 2.15. The number of nitrogens with two attached hydrogens (primary N) is 1. The molecule has 0 atom stereocenters. The second-order valence-corrected chi connectivity index (χ2v) is 3.24. The molecule has 1 rings (SSSR count). The van der Waals surface area contributed by atoms with Crippen molar-refractivity contribution in [3.63, 3.8) is 0 Å². The Balaban J connectivity index is 3.11. The lowest BCUT2D eigenvalue weighted by atomic mass is 10.2. The minimum absolute atomic E-state index is 0.363. The average molecular weight is 210 g/mol. The zero-order valence-electron chi connectivity index (χ0n) is 8.40. The first-order chi connectivity index (χ1) is 6.70. The van der Waals surface area contributed by atoms with E-state index in [1.54, 1.807) is 12.3 Å². The quantitative estimate of drug-likeness (QED) is 0.750. The molecule has 5 heteroatoms. The first-order valence-electron chi connectivity index (χ1n) is 4.57. The summed E-state index contributed by atoms with van der Waals surface area (Å²) in [6.45, 7) is 5.85. The van der Waals surface area contributed by atoms with E-state index in [1.807, 2.05) is 0 Å². The fourth-order valence-electron chi connectivity index (χ4n) is 1.27. The lowest BCUT2D eigenvalue weighted by molar-refractivity contribution is 0.823. The third-order valence-corrected chi connectivity index (χ3v) is 2.25. The maximum absolute atomic E-state index is 5.60. The SMILES string of the molecule is CCN(CC)c1nnccc1C(N)=S. The Kier molecular flexibility index (Phi) is 3.76. The standard InChI is InChI=1S/C9H14N4S/c1-3-13(4-2)9-7(8(10)14)5-6-11-12-9/h5-6H,3-4H2,1-2H3,(H2,10,14). The molecule has 1 aromatic heterocycles. The molecular formula is C9H14N4S. The Morgan fingerprint density at radius 1 is 1.50 bits per heavy atom. The van der Waals surface area contributed by atoms with Crippen LogP contribution in [0.25, 0.3) is 0 Å². The minimum atomic E-state index is 0.363. The van der Waals surface area contributed by atoms with Gasteiger partial charge >= 0.3 is 0 Å². The van der Waals surface area contributed by atoms with Crippen molar-refractivity contribution in [2.45, 2.75) is 13.8 Å². The number of rotatable bonds is 4. The first-order valence-corrected chi connectivity index (χ1v) is 4.98. The third kappa shape index (κ3) is 2.17. The van der Waals surface area contributed by atoms with E-state index in [1.165, 1.54) is 0 Å². The van der Waals surface area contributed by atoms with Crippen molar-refractivity contribution >= 4 is 23.0 Å². The highest BCUT2D eigenvalue weighted by molar-refractivity contribution is 7.80. The zero-order chi connectivity index (χ0) is 10.6. The molecule has 1 heterocycles. The molecule has 0 unspecified atom stereocenters. The molecule has 0 radical (unpaired) electrons. The van der Waals surface area contributed by atoms with Gasteiger partial charge in [-0.15, -0.1) is 5.10 Å². The topological polar surface area (TPSA) is 55.0 Å². The van der Waals surface area contributed by atoms with E-state index in [-0.39, 0.29) is 0 Å². The predicted molar refractivity (Wildman–Crippen MR) is 61.5 cm³/mol. The first kappa shape index (κ1) is 10.8. The van der Waals surface area contributed by atoms with Crippen molar-refractivity contribution in [3.05, 3.63) is 17.8 Å². The van der Waals surface area contributed by atoms with Crippen LogP contribution in [0.3, 0.4) is 0 Å². The molecule has 1 aromatic rings. The van der Waals surface area contributed by atoms with Crippen molar-refractivity contribution in [1.82, 2.24) is 10.2 Å². The molecule has 0 saturated carbocycles. The van der Waals surface area contributed by atoms with Crippen LogP contribution >= 0.6 is 12.2 Å². The molecule has 0 fully saturated rings. The summed E-state index contributed by atoms with van der Waals surface area (Å²) in [7, 11) is 0. The van der Waals surface area contributed by atoms with E-state index < -0.39 is 0 Å². The summed E-state index contributed by atoms with van der Waals surface area (Å²) < 4.78 is 0. The Labute approximate surface area is 89.1 Å². The van der Waals surface area contributed by atoms with Gasteiger partial charge < -0.3 is 10.6 Å². The molecule has 2 N–H and O–H groups in total. The lowest BCUT2D eigenvalue weighted by Gasteiger charge is -2.21. The van der Waals surface area contributed by atoms with Crippen LogP contribution in [0.15, 0.2) is 12.3 Å². The Hall–Kier alpha value is -1.23. The molecule has 0 saturated heterocycles. The summed E-state index contributed by atoms with van der Waals surface area (Å²) in [6, 6.07) is 1.79. The van der Waals surface area contributed by atoms with E-state index in [0.29, 0.717) is 4.99 Å². The van der Waals surface area contributed by atoms with Gasteiger partial charge in [0.2, 0.25) is 0 Å². The molecule has 4 nitrogen and oxygen atoms in total. The Morgan fingerprint density at radius 2 is 2.14 bits per heavy atom. The van der Waals surface area contributed by atoms with Crippen LogP contribution in [0, 0.1) is 0 Å². The lowest BCUT2D eigenvalue weighted by Crippen LogP contribution is -2.27. The fourth-order valence-corrected chi connectivity index (χ4v) is 1.43. The number of anilines is 1. The van der Waals surface area contributed by atoms with Gasteiger partial charge in [-0.05, 0) is 19.9 Å². The van der Waals surface area contributed by atoms with E-state index in [9.17, 15) is 0 Å². The zero-order valence-corrected chi connectivity index (χ0v) is 9.21. The Bertz CT molecular complexity index is 322. The smallest absolute Gasteiger partial charge is 0.161 e. The van der Waals surface area contributed by atoms with Crippen molar-refractivity contribution in [1.29, 1.82) is 0 Å². The molecule has 0 aromatic carbocycles. The van der Waals surface area contributed by atoms with E-state index >= 15 is 0 Å². The van der Waals surface area contributed by atoms with E-state index in [4.69, 9.17) is 18.0 Å². The number of nitrogens with zero attached hydrogens (tertiary/aromatic N) is 3. The largest absolute Gasteiger partial charge is 0.389 e. The molecule has 14 heavy (non-hydrogen) atoms. The molecule has 0 aliphatic rings. The van der Waals surface area contributed by atoms with Crippen LogP contribution in [0.5, 0.6) is 0 Å². The second-order valence-electron chi connectivity index (χ2n) is 2.81. The second kappa shape index (κ2) is 4.85. The maximum Gasteiger partial charge on any atom is 0.161 e. The number of hydrogen-bond donors (Lipinski definition) is 1. The van der Waals surface area contributed by atoms with Crippen LogP contribution in [-0.2, 0) is 0 Å². The summed E-state index contributed by atoms with van der Waals surface area (Å²) >= 11 is 4.95. The number of thiocarbonyl (C=S) groups is 1. The molecule has 0 bridgehead atoms. The molecule has 0 amide bonds. The van der Waals surface area contributed by atoms with Gasteiger partial charge in [-0.25, -0.2) is 0 Å². The van der Waals surface area contributed by atoms with E-state index in [2.05, 4.69) is 28.9 Å². The summed E-state index contributed by atoms with van der Waals surface area (Å²) in [6.07, 6.45) is 1.60. The van der Waals surface area contributed by atoms with Crippen LogP contribution in [0.1, 0.15) is 19.4 Å². The normalized spacial score (nSPS) is 9.86. The van der Waals surface area contributed by atoms with Gasteiger partial charge in [0, 0.05) is 13.1 Å². The van der Waals surface area contributed by atoms with Crippen molar-refractivity contribution < 1.29 is 0 Å². The molecular weight excluding hydrogens is 196 g/mol. The summed E-state index contributed by atoms with van der Waals surface area (Å²) in [5, 5.41) is 7.89. The van der Waals surface area contributed by atoms with Gasteiger partial charge in [0.25, 0.3) is 0 Å². The summed E-state index contributed by atoms with van der Waals surface area (Å²) in [5.41, 5.74) is 6.39. The van der Waals surface area contributed by atoms with Gasteiger partial charge in [0.1, 0.15) is 4.99 Å². The van der Waals surface area contributed by atoms with Crippen molar-refractivity contribution in [2.75, 3.05) is 18.0 Å². The number of aromatic nitrogens is 2. The van der Waals surface area contributed by atoms with E-state index in [0.717, 1.165) is 24.5 Å². The van der Waals surface area contributed by atoms with Gasteiger partial charge in [0.15, 0.2) is 5.82 Å². The van der Waals surface area contributed by atoms with Crippen LogP contribution in [-0.4, -0.2) is 28.3 Å². The monoisotopic (exact) mass is 210 g/mol. The van der Waals surface area contributed by atoms with Gasteiger partial charge in [-0.2, -0.15) is 5.10 Å². The van der Waals surface area contributed by atoms with Crippen molar-refractivity contribution in [2.24, 2.45) is 5.73 Å². The van der Waals surface area contributed by atoms with Crippen molar-refractivity contribution in [3.8, 4) is 0 Å². The van der Waals surface area contributed by atoms with Crippen LogP contribution in [0.4, 0.5) is 5.82 Å². The van der Waals surface area contributed by atoms with Crippen LogP contribution < -0.4 is 10.6 Å². The van der Waals surface area contributed by atoms with Gasteiger partial charge in [-0.3, -0.25) is 0 Å². The highest BCUT2D eigenvalue weighted by atomic mass is 32.1. The number of hydrogen-bond acceptors (Lipinski definition) is 4. The van der Waals surface area contributed by atoms with Gasteiger partial charge in [0.05, 0.1) is 11.8 Å². The Morgan fingerprint density at radius 3 is 2.64 bits per heavy atom. The predicted octanol–water partition coefficient (Wildman–Crippen LogP) is 0.957. The molecule has 0 aliphatic carbocycles. The van der Waals surface area contributed by atoms with Crippen LogP contribution in [0.2, 0.25) is 0 Å². The molecule has 0 aliphatic heterocycles. The van der Waals surface area contributed by atoms with Gasteiger partial charge in [-0.1, -0.05) is 12.2 Å². The molecule has 76 valence electrons. The summed E-state index contributed by atoms with van der Waals surface area (Å²) in [5.74, 6) is 0.769. The highest BCUT2D eigenvalue weighted by Gasteiger charge is 2.11.